The standard InChI is InChI=1S/C19H32N2/c1-18(2,3)14-16-8-7-9-17(20-16)21-12-10-15(11-13-21)19(4,5)6/h7-9,15H,10-14H2,1-6H3. The van der Waals surface area contributed by atoms with E-state index in [1.165, 1.54) is 24.4 Å². The van der Waals surface area contributed by atoms with E-state index in [1.807, 2.05) is 0 Å². The maximum absolute atomic E-state index is 4.89. The summed E-state index contributed by atoms with van der Waals surface area (Å²) in [5.41, 5.74) is 1.95. The number of pyridine rings is 1. The fourth-order valence-electron chi connectivity index (χ4n) is 3.26. The Morgan fingerprint density at radius 1 is 1.05 bits per heavy atom. The van der Waals surface area contributed by atoms with Gasteiger partial charge in [-0.1, -0.05) is 47.6 Å². The molecule has 0 spiro atoms. The average Bonchev–Trinajstić information content (AvgIpc) is 2.36. The normalized spacial score (nSPS) is 18.1. The van der Waals surface area contributed by atoms with E-state index in [9.17, 15) is 0 Å². The second-order valence-electron chi connectivity index (χ2n) is 8.85. The summed E-state index contributed by atoms with van der Waals surface area (Å²) < 4.78 is 0. The molecule has 0 unspecified atom stereocenters. The number of hydrogen-bond donors (Lipinski definition) is 0. The predicted molar refractivity (Wildman–Crippen MR) is 91.8 cm³/mol. The number of piperidine rings is 1. The van der Waals surface area contributed by atoms with Crippen LogP contribution in [0.4, 0.5) is 5.82 Å². The van der Waals surface area contributed by atoms with Gasteiger partial charge in [-0.25, -0.2) is 4.98 Å². The molecule has 0 saturated carbocycles. The van der Waals surface area contributed by atoms with E-state index in [1.54, 1.807) is 0 Å². The highest BCUT2D eigenvalue weighted by Crippen LogP contribution is 2.35. The van der Waals surface area contributed by atoms with Crippen molar-refractivity contribution in [1.82, 2.24) is 4.98 Å². The molecule has 118 valence electrons. The molecule has 0 atom stereocenters. The lowest BCUT2D eigenvalue weighted by atomic mass is 9.75. The van der Waals surface area contributed by atoms with Crippen LogP contribution in [0.25, 0.3) is 0 Å². The molecule has 1 saturated heterocycles. The van der Waals surface area contributed by atoms with Gasteiger partial charge in [-0.05, 0) is 48.1 Å². The van der Waals surface area contributed by atoms with E-state index in [0.29, 0.717) is 10.8 Å². The van der Waals surface area contributed by atoms with E-state index >= 15 is 0 Å². The first-order valence-electron chi connectivity index (χ1n) is 8.36. The Bertz CT molecular complexity index is 457. The number of aromatic nitrogens is 1. The molecule has 0 aliphatic carbocycles. The summed E-state index contributed by atoms with van der Waals surface area (Å²) in [7, 11) is 0. The Kier molecular flexibility index (Phi) is 4.65. The van der Waals surface area contributed by atoms with Crippen LogP contribution in [0, 0.1) is 16.7 Å². The van der Waals surface area contributed by atoms with Gasteiger partial charge in [0.1, 0.15) is 5.82 Å². The Balaban J connectivity index is 2.02. The molecule has 1 aliphatic heterocycles. The zero-order valence-electron chi connectivity index (χ0n) is 14.7. The lowest BCUT2D eigenvalue weighted by Crippen LogP contribution is -2.38. The first-order chi connectivity index (χ1) is 9.65. The monoisotopic (exact) mass is 288 g/mol. The van der Waals surface area contributed by atoms with Crippen LogP contribution in [0.2, 0.25) is 0 Å². The zero-order valence-corrected chi connectivity index (χ0v) is 14.7. The van der Waals surface area contributed by atoms with Crippen LogP contribution in [0.3, 0.4) is 0 Å². The van der Waals surface area contributed by atoms with Gasteiger partial charge in [-0.2, -0.15) is 0 Å². The van der Waals surface area contributed by atoms with Crippen molar-refractivity contribution in [3.63, 3.8) is 0 Å². The minimum Gasteiger partial charge on any atom is -0.357 e. The molecule has 1 aromatic heterocycles. The predicted octanol–water partition coefficient (Wildman–Crippen LogP) is 4.93. The van der Waals surface area contributed by atoms with Crippen molar-refractivity contribution < 1.29 is 0 Å². The molecule has 0 amide bonds. The van der Waals surface area contributed by atoms with Crippen molar-refractivity contribution in [3.05, 3.63) is 23.9 Å². The number of rotatable bonds is 2. The van der Waals surface area contributed by atoms with Crippen LogP contribution >= 0.6 is 0 Å². The summed E-state index contributed by atoms with van der Waals surface area (Å²) in [5.74, 6) is 2.01. The Morgan fingerprint density at radius 2 is 1.67 bits per heavy atom. The van der Waals surface area contributed by atoms with Crippen molar-refractivity contribution in [2.45, 2.75) is 60.8 Å². The largest absolute Gasteiger partial charge is 0.357 e. The number of nitrogens with zero attached hydrogens (tertiary/aromatic N) is 2. The summed E-state index contributed by atoms with van der Waals surface area (Å²) >= 11 is 0. The van der Waals surface area contributed by atoms with Gasteiger partial charge < -0.3 is 4.90 Å². The number of hydrogen-bond acceptors (Lipinski definition) is 2. The molecule has 2 rings (SSSR count). The maximum Gasteiger partial charge on any atom is 0.128 e. The Labute approximate surface area is 131 Å². The van der Waals surface area contributed by atoms with Gasteiger partial charge in [-0.15, -0.1) is 0 Å². The molecule has 0 N–H and O–H groups in total. The molecular weight excluding hydrogens is 256 g/mol. The highest BCUT2D eigenvalue weighted by atomic mass is 15.2. The van der Waals surface area contributed by atoms with Crippen LogP contribution in [-0.4, -0.2) is 18.1 Å². The minimum atomic E-state index is 0.296. The van der Waals surface area contributed by atoms with Crippen LogP contribution < -0.4 is 4.90 Å². The molecule has 2 nitrogen and oxygen atoms in total. The van der Waals surface area contributed by atoms with E-state index < -0.39 is 0 Å². The fraction of sp³-hybridized carbons (Fsp3) is 0.737. The van der Waals surface area contributed by atoms with Gasteiger partial charge in [0.05, 0.1) is 0 Å². The summed E-state index contributed by atoms with van der Waals surface area (Å²) in [4.78, 5) is 7.36. The van der Waals surface area contributed by atoms with Gasteiger partial charge in [0.15, 0.2) is 0 Å². The molecule has 2 heterocycles. The molecular formula is C19H32N2. The first-order valence-corrected chi connectivity index (χ1v) is 8.36. The third-order valence-corrected chi connectivity index (χ3v) is 4.55. The zero-order chi connectivity index (χ0) is 15.7. The molecule has 0 bridgehead atoms. The van der Waals surface area contributed by atoms with Crippen molar-refractivity contribution in [2.24, 2.45) is 16.7 Å². The van der Waals surface area contributed by atoms with Crippen molar-refractivity contribution in [2.75, 3.05) is 18.0 Å². The van der Waals surface area contributed by atoms with Crippen molar-refractivity contribution in [1.29, 1.82) is 0 Å². The average molecular weight is 288 g/mol. The summed E-state index contributed by atoms with van der Waals surface area (Å²) in [6, 6.07) is 6.50. The third kappa shape index (κ3) is 4.72. The molecule has 1 aliphatic rings. The van der Waals surface area contributed by atoms with Gasteiger partial charge in [0.2, 0.25) is 0 Å². The second-order valence-corrected chi connectivity index (χ2v) is 8.85. The Morgan fingerprint density at radius 3 is 2.19 bits per heavy atom. The molecule has 1 aromatic rings. The highest BCUT2D eigenvalue weighted by Gasteiger charge is 2.29. The van der Waals surface area contributed by atoms with Gasteiger partial charge in [0.25, 0.3) is 0 Å². The highest BCUT2D eigenvalue weighted by molar-refractivity contribution is 5.39. The fourth-order valence-corrected chi connectivity index (χ4v) is 3.26. The van der Waals surface area contributed by atoms with E-state index in [2.05, 4.69) is 64.6 Å². The topological polar surface area (TPSA) is 16.1 Å². The van der Waals surface area contributed by atoms with E-state index in [0.717, 1.165) is 25.4 Å². The van der Waals surface area contributed by atoms with Crippen molar-refractivity contribution in [3.8, 4) is 0 Å². The minimum absolute atomic E-state index is 0.296. The third-order valence-electron chi connectivity index (χ3n) is 4.55. The van der Waals surface area contributed by atoms with Crippen LogP contribution in [-0.2, 0) is 6.42 Å². The van der Waals surface area contributed by atoms with Gasteiger partial charge >= 0.3 is 0 Å². The second kappa shape index (κ2) is 5.98. The molecule has 0 radical (unpaired) electrons. The van der Waals surface area contributed by atoms with Gasteiger partial charge in [0, 0.05) is 18.8 Å². The molecule has 0 aromatic carbocycles. The summed E-state index contributed by atoms with van der Waals surface area (Å²) in [5, 5.41) is 0. The van der Waals surface area contributed by atoms with E-state index in [-0.39, 0.29) is 0 Å². The van der Waals surface area contributed by atoms with Crippen molar-refractivity contribution >= 4 is 5.82 Å². The lowest BCUT2D eigenvalue weighted by molar-refractivity contribution is 0.198. The van der Waals surface area contributed by atoms with Crippen LogP contribution in [0.5, 0.6) is 0 Å². The van der Waals surface area contributed by atoms with Crippen LogP contribution in [0.15, 0.2) is 18.2 Å². The Hall–Kier alpha value is -1.05. The summed E-state index contributed by atoms with van der Waals surface area (Å²) in [6.45, 7) is 16.2. The molecule has 21 heavy (non-hydrogen) atoms. The maximum atomic E-state index is 4.89. The molecule has 1 fully saturated rings. The SMILES string of the molecule is CC(C)(C)Cc1cccc(N2CCC(C(C)(C)C)CC2)n1. The molecule has 2 heteroatoms. The smallest absolute Gasteiger partial charge is 0.128 e. The van der Waals surface area contributed by atoms with Gasteiger partial charge in [-0.3, -0.25) is 0 Å². The quantitative estimate of drug-likeness (QED) is 0.767. The lowest BCUT2D eigenvalue weighted by Gasteiger charge is -2.39. The first kappa shape index (κ1) is 16.3. The van der Waals surface area contributed by atoms with Crippen LogP contribution in [0.1, 0.15) is 60.1 Å². The summed E-state index contributed by atoms with van der Waals surface area (Å²) in [6.07, 6.45) is 3.61. The number of anilines is 1. The van der Waals surface area contributed by atoms with E-state index in [4.69, 9.17) is 4.98 Å².